The molecule has 0 aliphatic heterocycles. The molecule has 1 aromatic heterocycles. The average molecular weight is 252 g/mol. The van der Waals surface area contributed by atoms with E-state index in [4.69, 9.17) is 11.6 Å². The smallest absolute Gasteiger partial charge is 0.223 e. The van der Waals surface area contributed by atoms with E-state index in [9.17, 15) is 4.39 Å². The van der Waals surface area contributed by atoms with Gasteiger partial charge >= 0.3 is 0 Å². The van der Waals surface area contributed by atoms with Gasteiger partial charge in [-0.15, -0.1) is 11.6 Å². The largest absolute Gasteiger partial charge is 0.346 e. The van der Waals surface area contributed by atoms with E-state index in [1.165, 1.54) is 0 Å². The topological polar surface area (TPSA) is 37.8 Å². The van der Waals surface area contributed by atoms with Crippen molar-refractivity contribution in [2.45, 2.75) is 6.04 Å². The number of halogens is 2. The number of benzene rings is 1. The molecule has 1 aromatic carbocycles. The van der Waals surface area contributed by atoms with E-state index in [1.807, 2.05) is 30.3 Å². The third-order valence-electron chi connectivity index (χ3n) is 2.28. The molecule has 0 saturated heterocycles. The summed E-state index contributed by atoms with van der Waals surface area (Å²) in [4.78, 5) is 7.67. The second kappa shape index (κ2) is 5.59. The summed E-state index contributed by atoms with van der Waals surface area (Å²) in [7, 11) is 0. The number of alkyl halides is 1. The van der Waals surface area contributed by atoms with Gasteiger partial charge in [0.15, 0.2) is 5.82 Å². The van der Waals surface area contributed by atoms with Gasteiger partial charge in [-0.25, -0.2) is 14.4 Å². The quantitative estimate of drug-likeness (QED) is 0.849. The van der Waals surface area contributed by atoms with Crippen molar-refractivity contribution in [3.8, 4) is 0 Å². The SMILES string of the molecule is Fc1cnc(NC(CCl)c2ccccc2)nc1. The fourth-order valence-corrected chi connectivity index (χ4v) is 1.69. The molecule has 0 fully saturated rings. The zero-order valence-corrected chi connectivity index (χ0v) is 9.73. The second-order valence-electron chi connectivity index (χ2n) is 3.49. The maximum atomic E-state index is 12.7. The van der Waals surface area contributed by atoms with Gasteiger partial charge in [-0.05, 0) is 5.56 Å². The van der Waals surface area contributed by atoms with E-state index < -0.39 is 5.82 Å². The third-order valence-corrected chi connectivity index (χ3v) is 2.59. The van der Waals surface area contributed by atoms with Gasteiger partial charge in [-0.2, -0.15) is 0 Å². The average Bonchev–Trinajstić information content (AvgIpc) is 2.39. The molecule has 1 unspecified atom stereocenters. The maximum absolute atomic E-state index is 12.7. The molecule has 5 heteroatoms. The van der Waals surface area contributed by atoms with E-state index in [1.54, 1.807) is 0 Å². The number of nitrogens with zero attached hydrogens (tertiary/aromatic N) is 2. The molecule has 0 spiro atoms. The molecule has 17 heavy (non-hydrogen) atoms. The lowest BCUT2D eigenvalue weighted by molar-refractivity contribution is 0.613. The van der Waals surface area contributed by atoms with Crippen LogP contribution < -0.4 is 5.32 Å². The summed E-state index contributed by atoms with van der Waals surface area (Å²) in [6, 6.07) is 9.63. The lowest BCUT2D eigenvalue weighted by Crippen LogP contribution is -2.14. The van der Waals surface area contributed by atoms with Crippen LogP contribution in [-0.4, -0.2) is 15.8 Å². The van der Waals surface area contributed by atoms with E-state index in [2.05, 4.69) is 15.3 Å². The van der Waals surface area contributed by atoms with Crippen LogP contribution in [-0.2, 0) is 0 Å². The zero-order valence-electron chi connectivity index (χ0n) is 8.98. The molecule has 0 bridgehead atoms. The van der Waals surface area contributed by atoms with Crippen molar-refractivity contribution in [1.82, 2.24) is 9.97 Å². The molecule has 88 valence electrons. The van der Waals surface area contributed by atoms with Crippen molar-refractivity contribution >= 4 is 17.5 Å². The van der Waals surface area contributed by atoms with Crippen molar-refractivity contribution < 1.29 is 4.39 Å². The van der Waals surface area contributed by atoms with Gasteiger partial charge in [0.2, 0.25) is 5.95 Å². The van der Waals surface area contributed by atoms with Crippen LogP contribution in [0.3, 0.4) is 0 Å². The summed E-state index contributed by atoms with van der Waals surface area (Å²) >= 11 is 5.89. The van der Waals surface area contributed by atoms with Crippen LogP contribution in [0.15, 0.2) is 42.7 Å². The Morgan fingerprint density at radius 1 is 1.18 bits per heavy atom. The molecule has 1 N–H and O–H groups in total. The van der Waals surface area contributed by atoms with Gasteiger partial charge in [0, 0.05) is 5.88 Å². The third kappa shape index (κ3) is 3.14. The Balaban J connectivity index is 2.13. The van der Waals surface area contributed by atoms with E-state index >= 15 is 0 Å². The monoisotopic (exact) mass is 251 g/mol. The number of hydrogen-bond acceptors (Lipinski definition) is 3. The minimum Gasteiger partial charge on any atom is -0.346 e. The predicted octanol–water partition coefficient (Wildman–Crippen LogP) is 3.01. The zero-order chi connectivity index (χ0) is 12.1. The molecule has 0 saturated carbocycles. The Kier molecular flexibility index (Phi) is 3.88. The van der Waals surface area contributed by atoms with Crippen LogP contribution in [0.1, 0.15) is 11.6 Å². The van der Waals surface area contributed by atoms with Crippen molar-refractivity contribution in [2.75, 3.05) is 11.2 Å². The van der Waals surface area contributed by atoms with Gasteiger partial charge in [-0.1, -0.05) is 30.3 Å². The first-order valence-electron chi connectivity index (χ1n) is 5.14. The molecule has 0 amide bonds. The van der Waals surface area contributed by atoms with Crippen LogP contribution in [0.25, 0.3) is 0 Å². The minimum atomic E-state index is -0.460. The van der Waals surface area contributed by atoms with Crippen molar-refractivity contribution in [3.63, 3.8) is 0 Å². The molecular weight excluding hydrogens is 241 g/mol. The molecule has 0 aliphatic carbocycles. The van der Waals surface area contributed by atoms with Crippen molar-refractivity contribution in [2.24, 2.45) is 0 Å². The fraction of sp³-hybridized carbons (Fsp3) is 0.167. The highest BCUT2D eigenvalue weighted by atomic mass is 35.5. The molecule has 0 aliphatic rings. The van der Waals surface area contributed by atoms with Gasteiger partial charge in [0.05, 0.1) is 18.4 Å². The van der Waals surface area contributed by atoms with Gasteiger partial charge in [0.25, 0.3) is 0 Å². The summed E-state index contributed by atoms with van der Waals surface area (Å²) in [6.45, 7) is 0. The first-order valence-corrected chi connectivity index (χ1v) is 5.68. The molecule has 1 atom stereocenters. The van der Waals surface area contributed by atoms with Crippen molar-refractivity contribution in [1.29, 1.82) is 0 Å². The summed E-state index contributed by atoms with van der Waals surface area (Å²) in [5.41, 5.74) is 1.04. The number of aromatic nitrogens is 2. The summed E-state index contributed by atoms with van der Waals surface area (Å²) < 4.78 is 12.7. The van der Waals surface area contributed by atoms with Crippen LogP contribution in [0, 0.1) is 5.82 Å². The number of anilines is 1. The summed E-state index contributed by atoms with van der Waals surface area (Å²) in [6.07, 6.45) is 2.23. The molecule has 2 rings (SSSR count). The molecule has 1 heterocycles. The predicted molar refractivity (Wildman–Crippen MR) is 65.5 cm³/mol. The lowest BCUT2D eigenvalue weighted by Gasteiger charge is -2.15. The van der Waals surface area contributed by atoms with Crippen LogP contribution in [0.5, 0.6) is 0 Å². The second-order valence-corrected chi connectivity index (χ2v) is 3.80. The molecule has 2 aromatic rings. The van der Waals surface area contributed by atoms with Crippen LogP contribution >= 0.6 is 11.6 Å². The normalized spacial score (nSPS) is 12.1. The maximum Gasteiger partial charge on any atom is 0.223 e. The van der Waals surface area contributed by atoms with Gasteiger partial charge in [-0.3, -0.25) is 0 Å². The number of hydrogen-bond donors (Lipinski definition) is 1. The molecule has 0 radical (unpaired) electrons. The number of nitrogens with one attached hydrogen (secondary N) is 1. The van der Waals surface area contributed by atoms with Crippen molar-refractivity contribution in [3.05, 3.63) is 54.1 Å². The van der Waals surface area contributed by atoms with Crippen LogP contribution in [0.4, 0.5) is 10.3 Å². The van der Waals surface area contributed by atoms with E-state index in [0.717, 1.165) is 18.0 Å². The summed E-state index contributed by atoms with van der Waals surface area (Å²) in [5.74, 6) is 0.281. The Bertz CT molecular complexity index is 461. The molecular formula is C12H11ClFN3. The highest BCUT2D eigenvalue weighted by Gasteiger charge is 2.10. The fourth-order valence-electron chi connectivity index (χ4n) is 1.44. The lowest BCUT2D eigenvalue weighted by atomic mass is 10.1. The first kappa shape index (κ1) is 11.8. The van der Waals surface area contributed by atoms with Gasteiger partial charge in [0.1, 0.15) is 0 Å². The minimum absolute atomic E-state index is 0.0941. The van der Waals surface area contributed by atoms with E-state index in [-0.39, 0.29) is 6.04 Å². The Labute approximate surface area is 104 Å². The van der Waals surface area contributed by atoms with E-state index in [0.29, 0.717) is 11.8 Å². The Hall–Kier alpha value is -1.68. The van der Waals surface area contributed by atoms with Gasteiger partial charge < -0.3 is 5.32 Å². The highest BCUT2D eigenvalue weighted by Crippen LogP contribution is 2.18. The summed E-state index contributed by atoms with van der Waals surface area (Å²) in [5, 5.41) is 3.05. The number of rotatable bonds is 4. The Morgan fingerprint density at radius 3 is 2.41 bits per heavy atom. The Morgan fingerprint density at radius 2 is 1.82 bits per heavy atom. The highest BCUT2D eigenvalue weighted by molar-refractivity contribution is 6.18. The van der Waals surface area contributed by atoms with Crippen LogP contribution in [0.2, 0.25) is 0 Å². The first-order chi connectivity index (χ1) is 8.29. The molecule has 3 nitrogen and oxygen atoms in total. The standard InChI is InChI=1S/C12H11ClFN3/c13-6-11(9-4-2-1-3-5-9)17-12-15-7-10(14)8-16-12/h1-5,7-8,11H,6H2,(H,15,16,17).